The van der Waals surface area contributed by atoms with Gasteiger partial charge in [-0.25, -0.2) is 4.98 Å². The van der Waals surface area contributed by atoms with Crippen molar-refractivity contribution >= 4 is 11.3 Å². The minimum absolute atomic E-state index is 0.147. The highest BCUT2D eigenvalue weighted by Gasteiger charge is 2.27. The number of aliphatic hydroxyl groups is 1. The van der Waals surface area contributed by atoms with Crippen molar-refractivity contribution in [2.24, 2.45) is 0 Å². The molecule has 2 heterocycles. The Morgan fingerprint density at radius 3 is 2.50 bits per heavy atom. The Kier molecular flexibility index (Phi) is 3.81. The van der Waals surface area contributed by atoms with Gasteiger partial charge in [0.15, 0.2) is 0 Å². The lowest BCUT2D eigenvalue weighted by atomic mass is 9.94. The molecule has 1 fully saturated rings. The second kappa shape index (κ2) is 4.91. The molecule has 1 aliphatic heterocycles. The van der Waals surface area contributed by atoms with Crippen molar-refractivity contribution in [2.75, 3.05) is 13.1 Å². The summed E-state index contributed by atoms with van der Waals surface area (Å²) in [6.45, 7) is 11.4. The molecule has 2 rings (SSSR count). The second-order valence-corrected chi connectivity index (χ2v) is 7.53. The molecule has 1 saturated heterocycles. The number of hydrogen-bond acceptors (Lipinski definition) is 4. The standard InChI is InChI=1S/C14H24N2OS/c1-13(2,3)12-15-11(10-18-12)9-16-7-5-14(4,17)6-8-16/h10,17H,5-9H2,1-4H3. The van der Waals surface area contributed by atoms with E-state index in [9.17, 15) is 5.11 Å². The van der Waals surface area contributed by atoms with Crippen molar-refractivity contribution in [3.8, 4) is 0 Å². The van der Waals surface area contributed by atoms with Gasteiger partial charge in [-0.2, -0.15) is 0 Å². The van der Waals surface area contributed by atoms with Gasteiger partial charge in [0.05, 0.1) is 16.3 Å². The van der Waals surface area contributed by atoms with Crippen LogP contribution in [0.2, 0.25) is 0 Å². The van der Waals surface area contributed by atoms with Crippen LogP contribution < -0.4 is 0 Å². The van der Waals surface area contributed by atoms with Gasteiger partial charge in [0.2, 0.25) is 0 Å². The maximum absolute atomic E-state index is 9.93. The molecule has 1 aromatic rings. The molecule has 0 spiro atoms. The molecule has 1 aromatic heterocycles. The second-order valence-electron chi connectivity index (χ2n) is 6.67. The minimum atomic E-state index is -0.463. The lowest BCUT2D eigenvalue weighted by Crippen LogP contribution is -2.42. The molecule has 18 heavy (non-hydrogen) atoms. The lowest BCUT2D eigenvalue weighted by Gasteiger charge is -2.35. The third-order valence-electron chi connectivity index (χ3n) is 3.51. The van der Waals surface area contributed by atoms with E-state index in [2.05, 4.69) is 31.1 Å². The number of likely N-dealkylation sites (tertiary alicyclic amines) is 1. The third kappa shape index (κ3) is 3.53. The Balaban J connectivity index is 1.93. The summed E-state index contributed by atoms with van der Waals surface area (Å²) in [5.74, 6) is 0. The van der Waals surface area contributed by atoms with E-state index in [0.717, 1.165) is 32.5 Å². The van der Waals surface area contributed by atoms with Crippen molar-refractivity contribution < 1.29 is 5.11 Å². The maximum atomic E-state index is 9.93. The van der Waals surface area contributed by atoms with Crippen molar-refractivity contribution in [3.63, 3.8) is 0 Å². The number of aromatic nitrogens is 1. The van der Waals surface area contributed by atoms with E-state index in [-0.39, 0.29) is 5.41 Å². The molecular formula is C14H24N2OS. The fourth-order valence-corrected chi connectivity index (χ4v) is 3.04. The SMILES string of the molecule is CC1(O)CCN(Cc2csc(C(C)(C)C)n2)CC1. The van der Waals surface area contributed by atoms with E-state index in [0.29, 0.717) is 0 Å². The van der Waals surface area contributed by atoms with E-state index in [1.165, 1.54) is 10.7 Å². The van der Waals surface area contributed by atoms with Crippen LogP contribution in [0.5, 0.6) is 0 Å². The molecule has 4 heteroatoms. The normalized spacial score (nSPS) is 21.2. The largest absolute Gasteiger partial charge is 0.390 e. The molecule has 0 bridgehead atoms. The highest BCUT2D eigenvalue weighted by Crippen LogP contribution is 2.27. The van der Waals surface area contributed by atoms with E-state index in [1.54, 1.807) is 11.3 Å². The summed E-state index contributed by atoms with van der Waals surface area (Å²) in [4.78, 5) is 7.11. The Hall–Kier alpha value is -0.450. The Morgan fingerprint density at radius 1 is 1.39 bits per heavy atom. The van der Waals surface area contributed by atoms with E-state index >= 15 is 0 Å². The summed E-state index contributed by atoms with van der Waals surface area (Å²) in [5.41, 5.74) is 0.857. The quantitative estimate of drug-likeness (QED) is 0.896. The van der Waals surface area contributed by atoms with Crippen molar-refractivity contribution in [2.45, 2.75) is 58.1 Å². The van der Waals surface area contributed by atoms with E-state index in [1.807, 2.05) is 6.92 Å². The average Bonchev–Trinajstić information content (AvgIpc) is 2.69. The zero-order valence-electron chi connectivity index (χ0n) is 11.9. The topological polar surface area (TPSA) is 36.4 Å². The molecule has 0 unspecified atom stereocenters. The summed E-state index contributed by atoms with van der Waals surface area (Å²) in [5, 5.41) is 13.3. The summed E-state index contributed by atoms with van der Waals surface area (Å²) in [6.07, 6.45) is 1.73. The van der Waals surface area contributed by atoms with Crippen LogP contribution in [-0.4, -0.2) is 33.7 Å². The lowest BCUT2D eigenvalue weighted by molar-refractivity contribution is -0.00755. The van der Waals surface area contributed by atoms with Crippen LogP contribution in [-0.2, 0) is 12.0 Å². The Bertz CT molecular complexity index is 396. The van der Waals surface area contributed by atoms with Gasteiger partial charge < -0.3 is 5.11 Å². The Labute approximate surface area is 114 Å². The van der Waals surface area contributed by atoms with Gasteiger partial charge in [-0.15, -0.1) is 11.3 Å². The number of hydrogen-bond donors (Lipinski definition) is 1. The molecule has 0 aliphatic carbocycles. The van der Waals surface area contributed by atoms with Crippen LogP contribution in [0.4, 0.5) is 0 Å². The van der Waals surface area contributed by atoms with E-state index in [4.69, 9.17) is 4.98 Å². The number of thiazole rings is 1. The zero-order valence-corrected chi connectivity index (χ0v) is 12.7. The van der Waals surface area contributed by atoms with Crippen LogP contribution in [0, 0.1) is 0 Å². The van der Waals surface area contributed by atoms with Gasteiger partial charge in [0.1, 0.15) is 0 Å². The summed E-state index contributed by atoms with van der Waals surface area (Å²) in [7, 11) is 0. The van der Waals surface area contributed by atoms with Crippen LogP contribution >= 0.6 is 11.3 Å². The molecule has 0 radical (unpaired) electrons. The number of piperidine rings is 1. The summed E-state index contributed by atoms with van der Waals surface area (Å²) >= 11 is 1.76. The molecule has 0 aromatic carbocycles. The smallest absolute Gasteiger partial charge is 0.0982 e. The highest BCUT2D eigenvalue weighted by atomic mass is 32.1. The molecule has 0 saturated carbocycles. The first-order valence-electron chi connectivity index (χ1n) is 6.66. The maximum Gasteiger partial charge on any atom is 0.0982 e. The highest BCUT2D eigenvalue weighted by molar-refractivity contribution is 7.09. The van der Waals surface area contributed by atoms with E-state index < -0.39 is 5.60 Å². The number of rotatable bonds is 2. The van der Waals surface area contributed by atoms with Gasteiger partial charge in [0, 0.05) is 30.4 Å². The van der Waals surface area contributed by atoms with Crippen molar-refractivity contribution in [3.05, 3.63) is 16.1 Å². The van der Waals surface area contributed by atoms with Gasteiger partial charge in [0.25, 0.3) is 0 Å². The van der Waals surface area contributed by atoms with Gasteiger partial charge in [-0.3, -0.25) is 4.90 Å². The fraction of sp³-hybridized carbons (Fsp3) is 0.786. The summed E-state index contributed by atoms with van der Waals surface area (Å²) < 4.78 is 0. The first kappa shape index (κ1) is 14.0. The predicted octanol–water partition coefficient (Wildman–Crippen LogP) is 2.79. The molecule has 0 atom stereocenters. The molecule has 1 aliphatic rings. The molecule has 1 N–H and O–H groups in total. The summed E-state index contributed by atoms with van der Waals surface area (Å²) in [6, 6.07) is 0. The monoisotopic (exact) mass is 268 g/mol. The van der Waals surface area contributed by atoms with Crippen LogP contribution in [0.25, 0.3) is 0 Å². The van der Waals surface area contributed by atoms with Gasteiger partial charge in [-0.05, 0) is 19.8 Å². The number of nitrogens with zero attached hydrogens (tertiary/aromatic N) is 2. The molecular weight excluding hydrogens is 244 g/mol. The van der Waals surface area contributed by atoms with Gasteiger partial charge in [-0.1, -0.05) is 20.8 Å². The van der Waals surface area contributed by atoms with Crippen LogP contribution in [0.1, 0.15) is 51.2 Å². The van der Waals surface area contributed by atoms with Crippen molar-refractivity contribution in [1.29, 1.82) is 0 Å². The van der Waals surface area contributed by atoms with Gasteiger partial charge >= 0.3 is 0 Å². The minimum Gasteiger partial charge on any atom is -0.390 e. The predicted molar refractivity (Wildman–Crippen MR) is 75.9 cm³/mol. The zero-order chi connectivity index (χ0) is 13.4. The third-order valence-corrected chi connectivity index (χ3v) is 4.83. The average molecular weight is 268 g/mol. The first-order valence-corrected chi connectivity index (χ1v) is 7.54. The first-order chi connectivity index (χ1) is 8.26. The molecule has 3 nitrogen and oxygen atoms in total. The fourth-order valence-electron chi connectivity index (χ4n) is 2.15. The van der Waals surface area contributed by atoms with Crippen LogP contribution in [0.15, 0.2) is 5.38 Å². The van der Waals surface area contributed by atoms with Crippen molar-refractivity contribution in [1.82, 2.24) is 9.88 Å². The molecule has 102 valence electrons. The molecule has 0 amide bonds. The Morgan fingerprint density at radius 2 is 2.00 bits per heavy atom. The van der Waals surface area contributed by atoms with Crippen LogP contribution in [0.3, 0.4) is 0 Å².